The van der Waals surface area contributed by atoms with E-state index in [-0.39, 0.29) is 21.6 Å². The molecule has 1 heterocycles. The van der Waals surface area contributed by atoms with Crippen LogP contribution < -0.4 is 0 Å². The highest BCUT2D eigenvalue weighted by molar-refractivity contribution is 9.08. The molecule has 0 aromatic carbocycles. The summed E-state index contributed by atoms with van der Waals surface area (Å²) in [6, 6.07) is 1.25. The van der Waals surface area contributed by atoms with Gasteiger partial charge in [-0.3, -0.25) is 0 Å². The molecular formula is C9H7BrClF2NO2. The number of carbonyl (C=O) groups is 1. The van der Waals surface area contributed by atoms with Crippen molar-refractivity contribution >= 4 is 33.5 Å². The second-order valence-corrected chi connectivity index (χ2v) is 3.72. The third-order valence-corrected chi connectivity index (χ3v) is 2.74. The number of halogens is 4. The lowest BCUT2D eigenvalue weighted by Crippen LogP contribution is -2.07. The number of methoxy groups -OCH3 is 1. The van der Waals surface area contributed by atoms with E-state index in [2.05, 4.69) is 25.7 Å². The van der Waals surface area contributed by atoms with E-state index in [1.807, 2.05) is 0 Å². The van der Waals surface area contributed by atoms with Gasteiger partial charge in [-0.2, -0.15) is 0 Å². The van der Waals surface area contributed by atoms with Crippen LogP contribution in [0.3, 0.4) is 0 Å². The van der Waals surface area contributed by atoms with Crippen molar-refractivity contribution in [1.29, 1.82) is 0 Å². The molecule has 0 aliphatic rings. The van der Waals surface area contributed by atoms with E-state index < -0.39 is 18.1 Å². The Morgan fingerprint density at radius 1 is 1.69 bits per heavy atom. The molecule has 1 rings (SSSR count). The summed E-state index contributed by atoms with van der Waals surface area (Å²) >= 11 is 8.65. The van der Waals surface area contributed by atoms with Gasteiger partial charge in [-0.05, 0) is 11.6 Å². The molecule has 0 saturated carbocycles. The molecule has 0 bridgehead atoms. The van der Waals surface area contributed by atoms with E-state index in [1.54, 1.807) is 0 Å². The van der Waals surface area contributed by atoms with Crippen LogP contribution in [-0.2, 0) is 10.1 Å². The maximum absolute atomic E-state index is 12.6. The van der Waals surface area contributed by atoms with Crippen molar-refractivity contribution in [3.8, 4) is 0 Å². The van der Waals surface area contributed by atoms with Gasteiger partial charge in [-0.15, -0.1) is 0 Å². The first kappa shape index (κ1) is 13.3. The predicted octanol–water partition coefficient (Wildman–Crippen LogP) is 3.35. The summed E-state index contributed by atoms with van der Waals surface area (Å²) in [6.07, 6.45) is -2.74. The number of aromatic nitrogens is 1. The van der Waals surface area contributed by atoms with E-state index in [4.69, 9.17) is 11.6 Å². The molecule has 0 aliphatic carbocycles. The summed E-state index contributed by atoms with van der Waals surface area (Å²) in [7, 11) is 1.17. The van der Waals surface area contributed by atoms with E-state index in [0.29, 0.717) is 0 Å². The monoisotopic (exact) mass is 313 g/mol. The highest BCUT2D eigenvalue weighted by atomic mass is 79.9. The third kappa shape index (κ3) is 2.68. The van der Waals surface area contributed by atoms with Gasteiger partial charge in [-0.25, -0.2) is 18.6 Å². The summed E-state index contributed by atoms with van der Waals surface area (Å²) in [4.78, 5) is 14.7. The van der Waals surface area contributed by atoms with Crippen LogP contribution >= 0.6 is 27.5 Å². The van der Waals surface area contributed by atoms with Gasteiger partial charge < -0.3 is 4.74 Å². The minimum atomic E-state index is -2.74. The van der Waals surface area contributed by atoms with Crippen molar-refractivity contribution in [2.24, 2.45) is 0 Å². The van der Waals surface area contributed by atoms with Crippen LogP contribution in [0, 0.1) is 0 Å². The Morgan fingerprint density at radius 2 is 2.31 bits per heavy atom. The first-order valence-electron chi connectivity index (χ1n) is 4.13. The van der Waals surface area contributed by atoms with Crippen molar-refractivity contribution in [1.82, 2.24) is 4.98 Å². The lowest BCUT2D eigenvalue weighted by molar-refractivity contribution is 0.0599. The number of hydrogen-bond acceptors (Lipinski definition) is 3. The fourth-order valence-corrected chi connectivity index (χ4v) is 1.77. The van der Waals surface area contributed by atoms with Gasteiger partial charge in [0, 0.05) is 5.33 Å². The molecule has 1 aromatic heterocycles. The highest BCUT2D eigenvalue weighted by Crippen LogP contribution is 2.27. The molecule has 1 aromatic rings. The fourth-order valence-electron chi connectivity index (χ4n) is 1.09. The minimum Gasteiger partial charge on any atom is -0.465 e. The average Bonchev–Trinajstić information content (AvgIpc) is 2.27. The number of hydrogen-bond donors (Lipinski definition) is 0. The Kier molecular flexibility index (Phi) is 4.61. The van der Waals surface area contributed by atoms with Crippen LogP contribution in [0.1, 0.15) is 28.0 Å². The first-order chi connectivity index (χ1) is 7.51. The van der Waals surface area contributed by atoms with E-state index in [9.17, 15) is 13.6 Å². The molecule has 0 atom stereocenters. The molecule has 0 saturated heterocycles. The van der Waals surface area contributed by atoms with E-state index in [1.165, 1.54) is 13.2 Å². The highest BCUT2D eigenvalue weighted by Gasteiger charge is 2.20. The zero-order valence-corrected chi connectivity index (χ0v) is 10.5. The molecule has 16 heavy (non-hydrogen) atoms. The lowest BCUT2D eigenvalue weighted by atomic mass is 10.1. The fraction of sp³-hybridized carbons (Fsp3) is 0.333. The first-order valence-corrected chi connectivity index (χ1v) is 5.63. The predicted molar refractivity (Wildman–Crippen MR) is 58.2 cm³/mol. The Morgan fingerprint density at radius 3 is 2.75 bits per heavy atom. The van der Waals surface area contributed by atoms with Crippen molar-refractivity contribution in [2.75, 3.05) is 7.11 Å². The normalized spacial score (nSPS) is 10.6. The number of nitrogens with zero attached hydrogens (tertiary/aromatic N) is 1. The third-order valence-electron chi connectivity index (χ3n) is 1.84. The Balaban J connectivity index is 3.31. The summed E-state index contributed by atoms with van der Waals surface area (Å²) < 4.78 is 29.6. The standard InChI is InChI=1S/C9H7BrClF2NO2/c1-16-9(15)5-2-4(3-10)6(8(12)13)14-7(5)11/h2,8H,3H2,1H3. The number of rotatable bonds is 3. The molecule has 0 radical (unpaired) electrons. The van der Waals surface area contributed by atoms with E-state index >= 15 is 0 Å². The summed E-state index contributed by atoms with van der Waals surface area (Å²) in [6.45, 7) is 0. The van der Waals surface area contributed by atoms with Gasteiger partial charge in [0.1, 0.15) is 10.8 Å². The molecule has 0 N–H and O–H groups in total. The maximum Gasteiger partial charge on any atom is 0.341 e. The zero-order chi connectivity index (χ0) is 12.3. The molecule has 0 unspecified atom stereocenters. The molecule has 0 fully saturated rings. The Hall–Kier alpha value is -0.750. The molecular weight excluding hydrogens is 307 g/mol. The Labute approximate surface area is 104 Å². The topological polar surface area (TPSA) is 39.2 Å². The van der Waals surface area contributed by atoms with Gasteiger partial charge in [-0.1, -0.05) is 27.5 Å². The van der Waals surface area contributed by atoms with Gasteiger partial charge in [0.15, 0.2) is 0 Å². The van der Waals surface area contributed by atoms with Crippen LogP contribution in [0.15, 0.2) is 6.07 Å². The molecule has 7 heteroatoms. The largest absolute Gasteiger partial charge is 0.465 e. The van der Waals surface area contributed by atoms with Crippen LogP contribution in [0.4, 0.5) is 8.78 Å². The summed E-state index contributed by atoms with van der Waals surface area (Å²) in [5.41, 5.74) is -0.252. The zero-order valence-electron chi connectivity index (χ0n) is 8.14. The maximum atomic E-state index is 12.6. The van der Waals surface area contributed by atoms with Crippen molar-refractivity contribution in [3.05, 3.63) is 28.0 Å². The van der Waals surface area contributed by atoms with Gasteiger partial charge >= 0.3 is 5.97 Å². The quantitative estimate of drug-likeness (QED) is 0.488. The number of carbonyl (C=O) groups excluding carboxylic acids is 1. The SMILES string of the molecule is COC(=O)c1cc(CBr)c(C(F)F)nc1Cl. The molecule has 0 aliphatic heterocycles. The minimum absolute atomic E-state index is 0.0250. The van der Waals surface area contributed by atoms with Crippen LogP contribution in [0.2, 0.25) is 5.15 Å². The second kappa shape index (κ2) is 5.54. The van der Waals surface area contributed by atoms with Crippen molar-refractivity contribution in [2.45, 2.75) is 11.8 Å². The number of alkyl halides is 3. The average molecular weight is 315 g/mol. The van der Waals surface area contributed by atoms with Crippen LogP contribution in [0.5, 0.6) is 0 Å². The summed E-state index contributed by atoms with van der Waals surface area (Å²) in [5, 5.41) is -0.132. The second-order valence-electron chi connectivity index (χ2n) is 2.80. The smallest absolute Gasteiger partial charge is 0.341 e. The van der Waals surface area contributed by atoms with Crippen LogP contribution in [0.25, 0.3) is 0 Å². The van der Waals surface area contributed by atoms with Crippen molar-refractivity contribution in [3.63, 3.8) is 0 Å². The Bertz CT molecular complexity index is 415. The number of ether oxygens (including phenoxy) is 1. The number of esters is 1. The van der Waals surface area contributed by atoms with Gasteiger partial charge in [0.25, 0.3) is 6.43 Å². The molecule has 0 spiro atoms. The summed E-state index contributed by atoms with van der Waals surface area (Å²) in [5.74, 6) is -0.708. The van der Waals surface area contributed by atoms with Gasteiger partial charge in [0.2, 0.25) is 0 Å². The van der Waals surface area contributed by atoms with E-state index in [0.717, 1.165) is 0 Å². The molecule has 0 amide bonds. The van der Waals surface area contributed by atoms with Crippen molar-refractivity contribution < 1.29 is 18.3 Å². The van der Waals surface area contributed by atoms with Gasteiger partial charge in [0.05, 0.1) is 12.7 Å². The molecule has 3 nitrogen and oxygen atoms in total. The number of pyridine rings is 1. The molecule has 88 valence electrons. The van der Waals surface area contributed by atoms with Crippen LogP contribution in [-0.4, -0.2) is 18.1 Å². The lowest BCUT2D eigenvalue weighted by Gasteiger charge is -2.09.